The Balaban J connectivity index is 1.86. The summed E-state index contributed by atoms with van der Waals surface area (Å²) in [4.78, 5) is 117. The van der Waals surface area contributed by atoms with Crippen molar-refractivity contribution in [1.82, 2.24) is 29.6 Å². The summed E-state index contributed by atoms with van der Waals surface area (Å²) >= 11 is 6.29. The van der Waals surface area contributed by atoms with E-state index in [-0.39, 0.29) is 40.7 Å². The van der Waals surface area contributed by atoms with E-state index in [0.29, 0.717) is 37.8 Å². The first-order valence-corrected chi connectivity index (χ1v) is 25.9. The van der Waals surface area contributed by atoms with E-state index in [1.165, 1.54) is 43.6 Å². The van der Waals surface area contributed by atoms with Crippen LogP contribution in [0.15, 0.2) is 76.9 Å². The van der Waals surface area contributed by atoms with Gasteiger partial charge < -0.3 is 22.5 Å². The molecule has 0 saturated heterocycles. The van der Waals surface area contributed by atoms with Gasteiger partial charge in [0.05, 0.1) is 39.5 Å². The highest BCUT2D eigenvalue weighted by atomic mass is 35.5. The minimum atomic E-state index is -5.64. The van der Waals surface area contributed by atoms with Crippen LogP contribution >= 0.6 is 11.6 Å². The quantitative estimate of drug-likeness (QED) is 0.0584. The Morgan fingerprint density at radius 2 is 1.49 bits per heavy atom. The molecule has 21 nitrogen and oxygen atoms in total. The molecule has 0 spiro atoms. The summed E-state index contributed by atoms with van der Waals surface area (Å²) in [5.41, 5.74) is 16.5. The molecule has 1 aliphatic rings. The van der Waals surface area contributed by atoms with Crippen molar-refractivity contribution >= 4 is 78.5 Å². The number of amides is 5. The summed E-state index contributed by atoms with van der Waals surface area (Å²) in [5, 5.41) is 3.84. The molecule has 70 heavy (non-hydrogen) atoms. The first-order chi connectivity index (χ1) is 32.7. The van der Waals surface area contributed by atoms with Crippen LogP contribution < -0.4 is 32.6 Å². The number of hydrogen-bond donors (Lipinski definition) is 6. The van der Waals surface area contributed by atoms with E-state index in [9.17, 15) is 50.4 Å². The van der Waals surface area contributed by atoms with Gasteiger partial charge in [-0.15, -0.1) is 0 Å². The predicted octanol–water partition coefficient (Wildman–Crippen LogP) is 1.97. The smallest absolute Gasteiger partial charge is 0.306 e. The minimum absolute atomic E-state index is 0.0665. The fourth-order valence-electron chi connectivity index (χ4n) is 7.95. The van der Waals surface area contributed by atoms with Crippen LogP contribution in [0.1, 0.15) is 107 Å². The van der Waals surface area contributed by atoms with Crippen molar-refractivity contribution in [2.45, 2.75) is 119 Å². The number of carbonyl (C=O) groups is 8. The van der Waals surface area contributed by atoms with E-state index in [4.69, 9.17) is 28.8 Å². The van der Waals surface area contributed by atoms with Gasteiger partial charge in [0.2, 0.25) is 17.6 Å². The third-order valence-electron chi connectivity index (χ3n) is 12.1. The number of nitrogens with one attached hydrogen (secondary N) is 3. The second kappa shape index (κ2) is 24.3. The van der Waals surface area contributed by atoms with E-state index in [1.54, 1.807) is 38.5 Å². The predicted molar refractivity (Wildman–Crippen MR) is 255 cm³/mol. The lowest BCUT2D eigenvalue weighted by atomic mass is 9.66. The number of hydrogen-bond acceptors (Lipinski definition) is 17. The number of ketones is 3. The molecule has 3 aromatic rings. The van der Waals surface area contributed by atoms with Crippen LogP contribution in [0.4, 0.5) is 0 Å². The normalized spacial score (nSPS) is 16.3. The van der Waals surface area contributed by atoms with Crippen LogP contribution in [-0.4, -0.2) is 108 Å². The molecule has 5 amide bonds. The maximum atomic E-state index is 15.0. The number of rotatable bonds is 23. The largest absolute Gasteiger partial charge is 0.339 e. The zero-order chi connectivity index (χ0) is 52.3. The molecule has 4 rings (SSSR count). The summed E-state index contributed by atoms with van der Waals surface area (Å²) in [6, 6.07) is 5.14. The average Bonchev–Trinajstić information content (AvgIpc) is 3.33. The summed E-state index contributed by atoms with van der Waals surface area (Å²) in [6.45, 7) is 6.49. The molecule has 0 bridgehead atoms. The lowest BCUT2D eigenvalue weighted by molar-refractivity contribution is -0.148. The molecule has 24 heteroatoms. The Morgan fingerprint density at radius 3 is 2.06 bits per heavy atom. The van der Waals surface area contributed by atoms with E-state index in [0.717, 1.165) is 12.3 Å². The van der Waals surface area contributed by atoms with E-state index >= 15 is 4.79 Å². The van der Waals surface area contributed by atoms with Gasteiger partial charge in [0.1, 0.15) is 18.3 Å². The van der Waals surface area contributed by atoms with E-state index in [1.807, 2.05) is 5.32 Å². The lowest BCUT2D eigenvalue weighted by Crippen LogP contribution is -2.63. The van der Waals surface area contributed by atoms with Crippen molar-refractivity contribution in [1.29, 1.82) is 0 Å². The molecule has 6 atom stereocenters. The van der Waals surface area contributed by atoms with Gasteiger partial charge in [-0.1, -0.05) is 83.2 Å². The van der Waals surface area contributed by atoms with Crippen molar-refractivity contribution < 1.29 is 55.2 Å². The maximum Gasteiger partial charge on any atom is 0.306 e. The van der Waals surface area contributed by atoms with Crippen LogP contribution in [0.5, 0.6) is 0 Å². The van der Waals surface area contributed by atoms with Crippen molar-refractivity contribution in [3.8, 4) is 0 Å². The molecule has 1 saturated carbocycles. The molecule has 1 aliphatic carbocycles. The van der Waals surface area contributed by atoms with Gasteiger partial charge >= 0.3 is 5.91 Å². The summed E-state index contributed by atoms with van der Waals surface area (Å²) in [6.07, 6.45) is 5.17. The number of Topliss-reactive ketones (excluding diaryl/α,β-unsaturated/α-hetero) is 3. The molecular weight excluding hydrogens is 970 g/mol. The number of sulfonamides is 2. The number of nitrogens with two attached hydrogens (primary N) is 3. The third-order valence-corrected chi connectivity index (χ3v) is 15.4. The number of carbonyl (C=O) groups excluding carboxylic acids is 8. The highest BCUT2D eigenvalue weighted by molar-refractivity contribution is 7.90. The second-order valence-corrected chi connectivity index (χ2v) is 21.8. The van der Waals surface area contributed by atoms with Crippen LogP contribution in [0.2, 0.25) is 5.02 Å². The Morgan fingerprint density at radius 1 is 0.857 bits per heavy atom. The topological polar surface area (TPSA) is 348 Å². The van der Waals surface area contributed by atoms with E-state index < -0.39 is 136 Å². The number of aromatic nitrogens is 2. The molecule has 1 heterocycles. The van der Waals surface area contributed by atoms with E-state index in [2.05, 4.69) is 15.3 Å². The highest BCUT2D eigenvalue weighted by Crippen LogP contribution is 2.38. The Bertz CT molecular complexity index is 2670. The van der Waals surface area contributed by atoms with Crippen LogP contribution in [0, 0.1) is 23.7 Å². The van der Waals surface area contributed by atoms with Gasteiger partial charge in [-0.2, -0.15) is 0 Å². The number of halogens is 1. The first kappa shape index (κ1) is 56.7. The van der Waals surface area contributed by atoms with Crippen molar-refractivity contribution in [3.63, 3.8) is 0 Å². The second-order valence-electron chi connectivity index (χ2n) is 17.9. The Kier molecular flexibility index (Phi) is 19.7. The lowest BCUT2D eigenvalue weighted by Gasteiger charge is -2.41. The molecule has 2 aromatic carbocycles. The van der Waals surface area contributed by atoms with Gasteiger partial charge in [0, 0.05) is 23.0 Å². The highest BCUT2D eigenvalue weighted by Gasteiger charge is 2.52. The number of nitrogens with zero attached hydrogens (tertiary/aromatic N) is 3. The average molecular weight is 1030 g/mol. The van der Waals surface area contributed by atoms with Gasteiger partial charge in [-0.05, 0) is 80.7 Å². The van der Waals surface area contributed by atoms with Gasteiger partial charge in [-0.3, -0.25) is 48.7 Å². The summed E-state index contributed by atoms with van der Waals surface area (Å²) < 4.78 is 58.5. The fourth-order valence-corrected chi connectivity index (χ4v) is 10.8. The molecule has 1 unspecified atom stereocenters. The number of benzene rings is 2. The number of imide groups is 1. The monoisotopic (exact) mass is 1030 g/mol. The Labute approximate surface area is 411 Å². The zero-order valence-electron chi connectivity index (χ0n) is 39.4. The van der Waals surface area contributed by atoms with Crippen LogP contribution in [-0.2, 0) is 48.8 Å². The molecule has 0 radical (unpaired) electrons. The first-order valence-electron chi connectivity index (χ1n) is 22.6. The fraction of sp³-hybridized carbons (Fsp3) is 0.478. The van der Waals surface area contributed by atoms with Crippen molar-refractivity contribution in [3.05, 3.63) is 83.4 Å². The molecule has 380 valence electrons. The third kappa shape index (κ3) is 14.2. The Hall–Kier alpha value is -5.85. The molecule has 0 aliphatic heterocycles. The zero-order valence-corrected chi connectivity index (χ0v) is 41.8. The standard InChI is InChI=1S/C46H60ClN9O12S2/c1-6-27(4)38(49)40(59)34(39(58)28(5)48)23-46(50,30-15-11-8-12-16-30)41(60)45(64)56(25-37(57)54-43(62)35(19-26(2)3)53-44(63)36-24-51-17-18-52-36)70(67,68)33-21-31(47)20-32(22-33)69(65,66)55-42(61)29-13-9-7-10-14-29/h7,9-10,13-14,17-18,20-22,24,26-28,30,34-35,38H,6,8,11-12,15-16,19,23,25,48-50H2,1-5H3,(H,53,63)(H,55,61)(H,54,57,62)/t27-,28-,34?,35-,38-,46-/m0/s1. The summed E-state index contributed by atoms with van der Waals surface area (Å²) in [5.74, 6) is -13.4. The maximum absolute atomic E-state index is 15.0. The molecule has 1 aromatic heterocycles. The minimum Gasteiger partial charge on any atom is -0.339 e. The van der Waals surface area contributed by atoms with Crippen LogP contribution in [0.25, 0.3) is 0 Å². The van der Waals surface area contributed by atoms with Crippen molar-refractivity contribution in [2.24, 2.45) is 40.9 Å². The van der Waals surface area contributed by atoms with Gasteiger partial charge in [0.15, 0.2) is 11.6 Å². The molecule has 1 fully saturated rings. The molecule has 9 N–H and O–H groups in total. The van der Waals surface area contributed by atoms with Crippen LogP contribution in [0.3, 0.4) is 0 Å². The van der Waals surface area contributed by atoms with Gasteiger partial charge in [-0.25, -0.2) is 30.8 Å². The van der Waals surface area contributed by atoms with Gasteiger partial charge in [0.25, 0.3) is 31.9 Å². The summed E-state index contributed by atoms with van der Waals surface area (Å²) in [7, 11) is -10.6. The molecular formula is C46H60ClN9O12S2. The SMILES string of the molecule is CC[C@H](C)[C@H](N)C(=O)C(C[C@@](N)(C(=O)C(=O)N(CC(=O)NC(=O)[C@H](CC(C)C)NC(=O)c1cnccn1)S(=O)(=O)c1cc(Cl)cc(S(=O)(=O)NC(=O)c2ccccc2)c1)C1CCCCC1)C(=O)[C@H](C)N. The van der Waals surface area contributed by atoms with Crippen molar-refractivity contribution in [2.75, 3.05) is 6.54 Å².